The van der Waals surface area contributed by atoms with E-state index < -0.39 is 10.6 Å². The van der Waals surface area contributed by atoms with E-state index in [4.69, 9.17) is 27.9 Å². The molecule has 1 aliphatic heterocycles. The topological polar surface area (TPSA) is 29.5 Å². The first-order valence-corrected chi connectivity index (χ1v) is 7.23. The van der Waals surface area contributed by atoms with Gasteiger partial charge in [0.05, 0.1) is 12.6 Å². The highest BCUT2D eigenvalue weighted by Gasteiger charge is 2.50. The summed E-state index contributed by atoms with van der Waals surface area (Å²) in [6, 6.07) is 0.126. The Morgan fingerprint density at radius 2 is 2.06 bits per heavy atom. The van der Waals surface area contributed by atoms with Gasteiger partial charge < -0.3 is 9.64 Å². The van der Waals surface area contributed by atoms with Crippen molar-refractivity contribution in [3.63, 3.8) is 0 Å². The zero-order valence-corrected chi connectivity index (χ0v) is 11.6. The first kappa shape index (κ1) is 13.4. The van der Waals surface area contributed by atoms with Crippen LogP contribution in [0, 0.1) is 0 Å². The Bertz CT molecular complexity index is 290. The zero-order chi connectivity index (χ0) is 12.5. The van der Waals surface area contributed by atoms with Crippen LogP contribution in [0.3, 0.4) is 0 Å². The van der Waals surface area contributed by atoms with E-state index in [1.165, 1.54) is 6.42 Å². The fraction of sp³-hybridized carbons (Fsp3) is 0.917. The summed E-state index contributed by atoms with van der Waals surface area (Å²) < 4.78 is 5.96. The van der Waals surface area contributed by atoms with E-state index >= 15 is 0 Å². The second-order valence-electron chi connectivity index (χ2n) is 4.89. The average molecular weight is 280 g/mol. The molecule has 17 heavy (non-hydrogen) atoms. The van der Waals surface area contributed by atoms with Crippen LogP contribution in [0.25, 0.3) is 0 Å². The molecule has 2 aliphatic rings. The normalized spacial score (nSPS) is 28.0. The van der Waals surface area contributed by atoms with E-state index in [1.807, 2.05) is 4.90 Å². The third-order valence-corrected chi connectivity index (χ3v) is 4.25. The maximum absolute atomic E-state index is 12.2. The molecular weight excluding hydrogens is 261 g/mol. The van der Waals surface area contributed by atoms with Crippen molar-refractivity contribution in [2.45, 2.75) is 62.1 Å². The highest BCUT2D eigenvalue weighted by Crippen LogP contribution is 2.41. The lowest BCUT2D eigenvalue weighted by atomic mass is 9.90. The monoisotopic (exact) mass is 279 g/mol. The van der Waals surface area contributed by atoms with Gasteiger partial charge in [0.2, 0.25) is 0 Å². The highest BCUT2D eigenvalue weighted by atomic mass is 35.5. The minimum atomic E-state index is -0.982. The molecule has 1 aliphatic carbocycles. The van der Waals surface area contributed by atoms with Gasteiger partial charge in [0.1, 0.15) is 5.72 Å². The largest absolute Gasteiger partial charge is 0.353 e. The number of carbonyl (C=O) groups is 1. The van der Waals surface area contributed by atoms with Crippen molar-refractivity contribution in [2.75, 3.05) is 6.61 Å². The summed E-state index contributed by atoms with van der Waals surface area (Å²) in [4.78, 5) is 13.0. The van der Waals surface area contributed by atoms with Gasteiger partial charge in [0, 0.05) is 0 Å². The predicted molar refractivity (Wildman–Crippen MR) is 68.2 cm³/mol. The maximum Gasteiger partial charge on any atom is 0.258 e. The van der Waals surface area contributed by atoms with Crippen molar-refractivity contribution in [1.29, 1.82) is 0 Å². The fourth-order valence-corrected chi connectivity index (χ4v) is 3.21. The minimum Gasteiger partial charge on any atom is -0.353 e. The zero-order valence-electron chi connectivity index (χ0n) is 10.1. The molecule has 98 valence electrons. The predicted octanol–water partition coefficient (Wildman–Crippen LogP) is 3.09. The Morgan fingerprint density at radius 1 is 1.41 bits per heavy atom. The van der Waals surface area contributed by atoms with Crippen LogP contribution in [0.2, 0.25) is 0 Å². The lowest BCUT2D eigenvalue weighted by Crippen LogP contribution is -2.54. The van der Waals surface area contributed by atoms with Crippen LogP contribution < -0.4 is 0 Å². The second-order valence-corrected chi connectivity index (χ2v) is 5.99. The van der Waals surface area contributed by atoms with Crippen molar-refractivity contribution in [1.82, 2.24) is 4.90 Å². The number of ether oxygens (including phenoxy) is 1. The van der Waals surface area contributed by atoms with Crippen LogP contribution >= 0.6 is 23.2 Å². The SMILES string of the molecule is CC[C@@H]1COC2(CCCCC2)N1C(=O)C(Cl)Cl. The molecule has 0 bridgehead atoms. The molecule has 0 aromatic rings. The standard InChI is InChI=1S/C12H19Cl2NO2/c1-2-9-8-17-12(6-4-3-5-7-12)15(9)11(16)10(13)14/h9-10H,2-8H2,1H3/t9-/m1/s1. The smallest absolute Gasteiger partial charge is 0.258 e. The van der Waals surface area contributed by atoms with Gasteiger partial charge in [-0.15, -0.1) is 0 Å². The van der Waals surface area contributed by atoms with E-state index in [0.29, 0.717) is 6.61 Å². The van der Waals surface area contributed by atoms with E-state index in [1.54, 1.807) is 0 Å². The second kappa shape index (κ2) is 5.33. The van der Waals surface area contributed by atoms with Gasteiger partial charge in [-0.25, -0.2) is 0 Å². The Morgan fingerprint density at radius 3 is 2.59 bits per heavy atom. The molecule has 2 fully saturated rings. The van der Waals surface area contributed by atoms with Crippen LogP contribution in [0.5, 0.6) is 0 Å². The summed E-state index contributed by atoms with van der Waals surface area (Å²) in [7, 11) is 0. The minimum absolute atomic E-state index is 0.126. The Balaban J connectivity index is 2.22. The Kier molecular flexibility index (Phi) is 4.22. The molecule has 3 nitrogen and oxygen atoms in total. The van der Waals surface area contributed by atoms with Gasteiger partial charge in [-0.1, -0.05) is 36.5 Å². The van der Waals surface area contributed by atoms with E-state index in [0.717, 1.165) is 32.1 Å². The summed E-state index contributed by atoms with van der Waals surface area (Å²) >= 11 is 11.5. The number of rotatable bonds is 2. The molecule has 1 heterocycles. The number of halogens is 2. The van der Waals surface area contributed by atoms with Crippen molar-refractivity contribution in [2.24, 2.45) is 0 Å². The van der Waals surface area contributed by atoms with Crippen molar-refractivity contribution in [3.8, 4) is 0 Å². The lowest BCUT2D eigenvalue weighted by molar-refractivity contribution is -0.155. The summed E-state index contributed by atoms with van der Waals surface area (Å²) in [5.74, 6) is -0.195. The molecule has 1 saturated carbocycles. The number of nitrogens with zero attached hydrogens (tertiary/aromatic N) is 1. The molecule has 1 atom stereocenters. The van der Waals surface area contributed by atoms with Crippen molar-refractivity contribution < 1.29 is 9.53 Å². The molecule has 0 aromatic heterocycles. The van der Waals surface area contributed by atoms with Crippen LogP contribution in [-0.4, -0.2) is 34.0 Å². The number of hydrogen-bond donors (Lipinski definition) is 0. The van der Waals surface area contributed by atoms with Crippen molar-refractivity contribution in [3.05, 3.63) is 0 Å². The molecule has 1 saturated heterocycles. The summed E-state index contributed by atoms with van der Waals surface area (Å²) in [6.45, 7) is 2.68. The van der Waals surface area contributed by atoms with Crippen LogP contribution in [0.4, 0.5) is 0 Å². The van der Waals surface area contributed by atoms with Crippen molar-refractivity contribution >= 4 is 29.1 Å². The number of amides is 1. The lowest BCUT2D eigenvalue weighted by Gasteiger charge is -2.42. The van der Waals surface area contributed by atoms with Gasteiger partial charge in [-0.2, -0.15) is 0 Å². The number of carbonyl (C=O) groups excluding carboxylic acids is 1. The van der Waals surface area contributed by atoms with Crippen LogP contribution in [0.15, 0.2) is 0 Å². The highest BCUT2D eigenvalue weighted by molar-refractivity contribution is 6.53. The number of hydrogen-bond acceptors (Lipinski definition) is 2. The first-order chi connectivity index (χ1) is 8.10. The van der Waals surface area contributed by atoms with Crippen LogP contribution in [0.1, 0.15) is 45.4 Å². The van der Waals surface area contributed by atoms with Crippen LogP contribution in [-0.2, 0) is 9.53 Å². The molecule has 5 heteroatoms. The third-order valence-electron chi connectivity index (χ3n) is 3.88. The summed E-state index contributed by atoms with van der Waals surface area (Å²) in [6.07, 6.45) is 6.14. The fourth-order valence-electron chi connectivity index (χ4n) is 3.00. The Labute approximate surface area is 112 Å². The molecule has 0 radical (unpaired) electrons. The van der Waals surface area contributed by atoms with E-state index in [9.17, 15) is 4.79 Å². The summed E-state index contributed by atoms with van der Waals surface area (Å²) in [5, 5.41) is 0. The molecule has 2 rings (SSSR count). The Hall–Kier alpha value is 0.01000. The molecule has 0 unspecified atom stereocenters. The number of alkyl halides is 2. The van der Waals surface area contributed by atoms with E-state index in [-0.39, 0.29) is 11.9 Å². The van der Waals surface area contributed by atoms with Gasteiger partial charge >= 0.3 is 0 Å². The molecule has 1 spiro atoms. The van der Waals surface area contributed by atoms with Gasteiger partial charge in [0.15, 0.2) is 4.84 Å². The maximum atomic E-state index is 12.2. The molecule has 1 amide bonds. The van der Waals surface area contributed by atoms with Gasteiger partial charge in [0.25, 0.3) is 5.91 Å². The van der Waals surface area contributed by atoms with E-state index in [2.05, 4.69) is 6.92 Å². The third kappa shape index (κ3) is 2.42. The average Bonchev–Trinajstić information content (AvgIpc) is 2.67. The molecule has 0 aromatic carbocycles. The molecular formula is C12H19Cl2NO2. The van der Waals surface area contributed by atoms with Gasteiger partial charge in [-0.3, -0.25) is 4.79 Å². The first-order valence-electron chi connectivity index (χ1n) is 6.36. The quantitative estimate of drug-likeness (QED) is 0.727. The summed E-state index contributed by atoms with van der Waals surface area (Å²) in [5.41, 5.74) is -0.419. The van der Waals surface area contributed by atoms with Gasteiger partial charge in [-0.05, 0) is 32.1 Å². The molecule has 0 N–H and O–H groups in total.